The first-order chi connectivity index (χ1) is 19.0. The van der Waals surface area contributed by atoms with Crippen molar-refractivity contribution < 1.29 is 19.4 Å². The Morgan fingerprint density at radius 1 is 0.923 bits per heavy atom. The minimum atomic E-state index is -1.15. The van der Waals surface area contributed by atoms with E-state index in [1.165, 1.54) is 18.1 Å². The molecule has 202 valence electrons. The van der Waals surface area contributed by atoms with Gasteiger partial charge in [-0.15, -0.1) is 0 Å². The first-order valence-corrected chi connectivity index (χ1v) is 13.6. The zero-order valence-electron chi connectivity index (χ0n) is 22.2. The number of aliphatic hydroxyl groups is 1. The van der Waals surface area contributed by atoms with Gasteiger partial charge >= 0.3 is 5.97 Å². The standard InChI is InChI=1S/C32H35N3O4/c1-39-30(36)17-10-22-6-5-9-27(20-22)35(31(37)24-7-3-2-4-8-24)32(38)25-13-11-23(12-14-25)26-15-16-28-29(21-26)34-19-18-33-28/h5-6,9-17,20-21,24,32-34,38H,2-4,7-8,18-19H2,1H3/b17-10+. The lowest BCUT2D eigenvalue weighted by molar-refractivity contribution is -0.134. The van der Waals surface area contributed by atoms with Crippen molar-refractivity contribution in [2.75, 3.05) is 35.7 Å². The molecule has 1 amide bonds. The van der Waals surface area contributed by atoms with Gasteiger partial charge in [-0.2, -0.15) is 0 Å². The molecule has 0 spiro atoms. The molecule has 1 unspecified atom stereocenters. The summed E-state index contributed by atoms with van der Waals surface area (Å²) in [6.45, 7) is 1.78. The molecule has 1 aliphatic heterocycles. The van der Waals surface area contributed by atoms with Gasteiger partial charge in [-0.3, -0.25) is 9.69 Å². The number of aliphatic hydroxyl groups excluding tert-OH is 1. The average molecular weight is 526 g/mol. The lowest BCUT2D eigenvalue weighted by Crippen LogP contribution is -2.40. The molecule has 0 aromatic heterocycles. The summed E-state index contributed by atoms with van der Waals surface area (Å²) in [5, 5.41) is 18.4. The van der Waals surface area contributed by atoms with Gasteiger partial charge in [-0.1, -0.05) is 61.7 Å². The Labute approximate surface area is 229 Å². The Morgan fingerprint density at radius 3 is 2.38 bits per heavy atom. The van der Waals surface area contributed by atoms with Crippen molar-refractivity contribution in [1.82, 2.24) is 0 Å². The van der Waals surface area contributed by atoms with Crippen LogP contribution >= 0.6 is 0 Å². The lowest BCUT2D eigenvalue weighted by atomic mass is 9.88. The van der Waals surface area contributed by atoms with Crippen LogP contribution in [0, 0.1) is 5.92 Å². The van der Waals surface area contributed by atoms with Crippen LogP contribution in [-0.4, -0.2) is 37.2 Å². The number of benzene rings is 3. The number of esters is 1. The summed E-state index contributed by atoms with van der Waals surface area (Å²) in [4.78, 5) is 26.9. The van der Waals surface area contributed by atoms with Gasteiger partial charge in [0.1, 0.15) is 0 Å². The van der Waals surface area contributed by atoms with Crippen molar-refractivity contribution in [2.45, 2.75) is 38.3 Å². The summed E-state index contributed by atoms with van der Waals surface area (Å²) in [5.41, 5.74) is 6.23. The van der Waals surface area contributed by atoms with Crippen LogP contribution in [0.2, 0.25) is 0 Å². The monoisotopic (exact) mass is 525 g/mol. The Morgan fingerprint density at radius 2 is 1.64 bits per heavy atom. The van der Waals surface area contributed by atoms with E-state index in [-0.39, 0.29) is 11.8 Å². The summed E-state index contributed by atoms with van der Waals surface area (Å²) in [6.07, 6.45) is 6.65. The Kier molecular flexibility index (Phi) is 8.27. The van der Waals surface area contributed by atoms with Gasteiger partial charge in [0.2, 0.25) is 5.91 Å². The van der Waals surface area contributed by atoms with E-state index in [0.717, 1.165) is 73.3 Å². The molecule has 3 aromatic carbocycles. The summed E-state index contributed by atoms with van der Waals surface area (Å²) < 4.78 is 4.70. The van der Waals surface area contributed by atoms with E-state index in [9.17, 15) is 14.7 Å². The van der Waals surface area contributed by atoms with Crippen LogP contribution in [0.4, 0.5) is 17.1 Å². The molecule has 3 aromatic rings. The Balaban J connectivity index is 1.44. The minimum absolute atomic E-state index is 0.0753. The molecule has 1 saturated carbocycles. The van der Waals surface area contributed by atoms with Crippen molar-refractivity contribution in [3.8, 4) is 11.1 Å². The first-order valence-electron chi connectivity index (χ1n) is 13.6. The lowest BCUT2D eigenvalue weighted by Gasteiger charge is -2.33. The van der Waals surface area contributed by atoms with Crippen LogP contribution in [0.1, 0.15) is 49.5 Å². The molecule has 5 rings (SSSR count). The number of nitrogens with zero attached hydrogens (tertiary/aromatic N) is 1. The molecule has 0 saturated heterocycles. The van der Waals surface area contributed by atoms with Crippen molar-refractivity contribution >= 4 is 35.0 Å². The summed E-state index contributed by atoms with van der Waals surface area (Å²) in [5.74, 6) is -0.659. The third kappa shape index (κ3) is 6.15. The third-order valence-electron chi connectivity index (χ3n) is 7.52. The van der Waals surface area contributed by atoms with E-state index in [0.29, 0.717) is 11.3 Å². The van der Waals surface area contributed by atoms with Crippen LogP contribution in [0.15, 0.2) is 72.8 Å². The van der Waals surface area contributed by atoms with Gasteiger partial charge < -0.3 is 20.5 Å². The molecule has 1 aliphatic carbocycles. The SMILES string of the molecule is COC(=O)/C=C/c1cccc(N(C(=O)C2CCCCC2)C(O)c2ccc(-c3ccc4c(c3)NCCN4)cc2)c1. The van der Waals surface area contributed by atoms with Crippen LogP contribution in [0.3, 0.4) is 0 Å². The largest absolute Gasteiger partial charge is 0.466 e. The second-order valence-corrected chi connectivity index (χ2v) is 10.1. The highest BCUT2D eigenvalue weighted by Gasteiger charge is 2.32. The van der Waals surface area contributed by atoms with Crippen molar-refractivity contribution in [3.05, 3.63) is 83.9 Å². The summed E-state index contributed by atoms with van der Waals surface area (Å²) >= 11 is 0. The zero-order valence-corrected chi connectivity index (χ0v) is 22.2. The fraction of sp³-hybridized carbons (Fsp3) is 0.312. The summed E-state index contributed by atoms with van der Waals surface area (Å²) in [7, 11) is 1.33. The molecule has 7 heteroatoms. The first kappa shape index (κ1) is 26.5. The Bertz CT molecular complexity index is 1350. The number of anilines is 3. The highest BCUT2D eigenvalue weighted by molar-refractivity contribution is 5.96. The molecule has 1 heterocycles. The number of carbonyl (C=O) groups excluding carboxylic acids is 2. The maximum absolute atomic E-state index is 13.8. The second-order valence-electron chi connectivity index (χ2n) is 10.1. The molecule has 2 aliphatic rings. The molecule has 0 bridgehead atoms. The van der Waals surface area contributed by atoms with Crippen LogP contribution in [0.5, 0.6) is 0 Å². The van der Waals surface area contributed by atoms with Crippen molar-refractivity contribution in [2.24, 2.45) is 5.92 Å². The second kappa shape index (κ2) is 12.2. The molecule has 1 atom stereocenters. The number of ether oxygens (including phenoxy) is 1. The number of fused-ring (bicyclic) bond motifs is 1. The summed E-state index contributed by atoms with van der Waals surface area (Å²) in [6, 6.07) is 21.3. The van der Waals surface area contributed by atoms with Crippen LogP contribution in [-0.2, 0) is 14.3 Å². The predicted molar refractivity (Wildman–Crippen MR) is 155 cm³/mol. The van der Waals surface area contributed by atoms with E-state index in [1.807, 2.05) is 48.5 Å². The van der Waals surface area contributed by atoms with Gasteiger partial charge in [0, 0.05) is 36.3 Å². The normalized spacial score (nSPS) is 16.1. The van der Waals surface area contributed by atoms with Gasteiger partial charge in [-0.05, 0) is 59.9 Å². The maximum atomic E-state index is 13.8. The fourth-order valence-corrected chi connectivity index (χ4v) is 5.36. The van der Waals surface area contributed by atoms with E-state index >= 15 is 0 Å². The van der Waals surface area contributed by atoms with Gasteiger partial charge in [-0.25, -0.2) is 4.79 Å². The predicted octanol–water partition coefficient (Wildman–Crippen LogP) is 5.98. The molecule has 1 fully saturated rings. The average Bonchev–Trinajstić information content (AvgIpc) is 3.00. The topological polar surface area (TPSA) is 90.9 Å². The van der Waals surface area contributed by atoms with Crippen LogP contribution in [0.25, 0.3) is 17.2 Å². The number of carbonyl (C=O) groups is 2. The van der Waals surface area contributed by atoms with Crippen molar-refractivity contribution in [1.29, 1.82) is 0 Å². The van der Waals surface area contributed by atoms with Gasteiger partial charge in [0.05, 0.1) is 18.5 Å². The zero-order chi connectivity index (χ0) is 27.2. The molecule has 3 N–H and O–H groups in total. The number of amides is 1. The van der Waals surface area contributed by atoms with Gasteiger partial charge in [0.15, 0.2) is 6.23 Å². The fourth-order valence-electron chi connectivity index (χ4n) is 5.36. The number of hydrogen-bond donors (Lipinski definition) is 3. The quantitative estimate of drug-likeness (QED) is 0.200. The third-order valence-corrected chi connectivity index (χ3v) is 7.52. The molecule has 39 heavy (non-hydrogen) atoms. The highest BCUT2D eigenvalue weighted by Crippen LogP contribution is 2.35. The molecular formula is C32H35N3O4. The van der Waals surface area contributed by atoms with Crippen molar-refractivity contribution in [3.63, 3.8) is 0 Å². The van der Waals surface area contributed by atoms with Gasteiger partial charge in [0.25, 0.3) is 0 Å². The van der Waals surface area contributed by atoms with Crippen LogP contribution < -0.4 is 15.5 Å². The number of rotatable bonds is 7. The molecular weight excluding hydrogens is 490 g/mol. The molecule has 0 radical (unpaired) electrons. The maximum Gasteiger partial charge on any atom is 0.330 e. The highest BCUT2D eigenvalue weighted by atomic mass is 16.5. The number of nitrogens with one attached hydrogen (secondary N) is 2. The number of methoxy groups -OCH3 is 1. The van der Waals surface area contributed by atoms with E-state index in [4.69, 9.17) is 4.74 Å². The molecule has 7 nitrogen and oxygen atoms in total. The van der Waals surface area contributed by atoms with E-state index < -0.39 is 12.2 Å². The smallest absolute Gasteiger partial charge is 0.330 e. The number of hydrogen-bond acceptors (Lipinski definition) is 6. The van der Waals surface area contributed by atoms with E-state index in [2.05, 4.69) is 28.8 Å². The van der Waals surface area contributed by atoms with E-state index in [1.54, 1.807) is 6.08 Å². The Hall–Kier alpha value is -4.10. The minimum Gasteiger partial charge on any atom is -0.466 e.